The molecule has 3 N–H and O–H groups in total. The lowest BCUT2D eigenvalue weighted by Crippen LogP contribution is -2.05. The summed E-state index contributed by atoms with van der Waals surface area (Å²) < 4.78 is 32.8. The fourth-order valence-electron chi connectivity index (χ4n) is 2.23. The van der Waals surface area contributed by atoms with Crippen LogP contribution in [0.4, 0.5) is 14.7 Å². The third-order valence-corrected chi connectivity index (χ3v) is 3.42. The lowest BCUT2D eigenvalue weighted by molar-refractivity contribution is -0.262. The molecule has 0 amide bonds. The summed E-state index contributed by atoms with van der Waals surface area (Å²) in [7, 11) is 0. The number of nitrogens with zero attached hydrogens (tertiary/aromatic N) is 2. The van der Waals surface area contributed by atoms with E-state index in [9.17, 15) is 14.0 Å². The van der Waals surface area contributed by atoms with E-state index in [-0.39, 0.29) is 11.5 Å². The van der Waals surface area contributed by atoms with Crippen molar-refractivity contribution < 1.29 is 23.7 Å². The van der Waals surface area contributed by atoms with Crippen molar-refractivity contribution in [3.8, 4) is 11.5 Å². The van der Waals surface area contributed by atoms with Gasteiger partial charge in [0.1, 0.15) is 28.7 Å². The van der Waals surface area contributed by atoms with Gasteiger partial charge >= 0.3 is 0 Å². The first kappa shape index (κ1) is 15.2. The zero-order chi connectivity index (χ0) is 16.6. The first-order valence-electron chi connectivity index (χ1n) is 6.67. The highest BCUT2D eigenvalue weighted by atomic mass is 19.3. The van der Waals surface area contributed by atoms with Crippen LogP contribution in [-0.2, 0) is 4.94 Å². The van der Waals surface area contributed by atoms with Crippen molar-refractivity contribution in [1.29, 1.82) is 0 Å². The molecule has 0 bridgehead atoms. The maximum Gasteiger partial charge on any atom is 0.239 e. The number of ether oxygens (including phenoxy) is 1. The van der Waals surface area contributed by atoms with Gasteiger partial charge in [0, 0.05) is 5.56 Å². The first-order chi connectivity index (χ1) is 11.0. The van der Waals surface area contributed by atoms with Crippen LogP contribution in [0.2, 0.25) is 0 Å². The molecule has 0 saturated heterocycles. The Bertz CT molecular complexity index is 867. The molecule has 2 heterocycles. The van der Waals surface area contributed by atoms with Gasteiger partial charge in [-0.2, -0.15) is 4.94 Å². The fraction of sp³-hybridized carbons (Fsp3) is 0.133. The summed E-state index contributed by atoms with van der Waals surface area (Å²) in [6, 6.07) is 7.63. The van der Waals surface area contributed by atoms with Gasteiger partial charge < -0.3 is 15.6 Å². The number of nitrogen functional groups attached to an aromatic ring is 1. The zero-order valence-corrected chi connectivity index (χ0v) is 12.0. The molecule has 8 heteroatoms. The van der Waals surface area contributed by atoms with Crippen LogP contribution >= 0.6 is 0 Å². The number of aromatic nitrogens is 2. The van der Waals surface area contributed by atoms with Crippen LogP contribution in [0.25, 0.3) is 5.65 Å². The van der Waals surface area contributed by atoms with Gasteiger partial charge in [0.15, 0.2) is 5.82 Å². The second kappa shape index (κ2) is 5.82. The van der Waals surface area contributed by atoms with Crippen LogP contribution < -0.4 is 10.5 Å². The predicted octanol–water partition coefficient (Wildman–Crippen LogP) is 3.05. The van der Waals surface area contributed by atoms with E-state index in [1.807, 2.05) is 0 Å². The Morgan fingerprint density at radius 2 is 2.09 bits per heavy atom. The maximum atomic E-state index is 13.6. The number of nitrogens with two attached hydrogens (primary N) is 1. The predicted molar refractivity (Wildman–Crippen MR) is 78.0 cm³/mol. The summed E-state index contributed by atoms with van der Waals surface area (Å²) in [5.74, 6) is 0.198. The minimum Gasteiger partial charge on any atom is -0.455 e. The van der Waals surface area contributed by atoms with Crippen molar-refractivity contribution in [3.63, 3.8) is 0 Å². The largest absolute Gasteiger partial charge is 0.455 e. The average Bonchev–Trinajstić information content (AvgIpc) is 2.86. The molecule has 0 spiro atoms. The number of halogens is 2. The third kappa shape index (κ3) is 2.69. The molecule has 120 valence electrons. The van der Waals surface area contributed by atoms with Crippen LogP contribution in [0, 0.1) is 12.7 Å². The molecule has 2 aromatic heterocycles. The number of hydrogen-bond acceptors (Lipinski definition) is 5. The zero-order valence-electron chi connectivity index (χ0n) is 12.0. The van der Waals surface area contributed by atoms with Crippen molar-refractivity contribution in [3.05, 3.63) is 53.6 Å². The molecule has 0 aliphatic carbocycles. The molecule has 23 heavy (non-hydrogen) atoms. The number of aliphatic hydroxyl groups is 1. The number of imidazole rings is 1. The van der Waals surface area contributed by atoms with Crippen LogP contribution in [0.1, 0.15) is 17.5 Å². The summed E-state index contributed by atoms with van der Waals surface area (Å²) in [6.07, 6.45) is -0.434. The number of hydrogen-bond donors (Lipinski definition) is 2. The molecule has 6 nitrogen and oxygen atoms in total. The smallest absolute Gasteiger partial charge is 0.239 e. The van der Waals surface area contributed by atoms with E-state index in [0.717, 1.165) is 0 Å². The highest BCUT2D eigenvalue weighted by molar-refractivity contribution is 5.54. The molecular weight excluding hydrogens is 308 g/mol. The highest BCUT2D eigenvalue weighted by Crippen LogP contribution is 2.29. The molecule has 0 saturated carbocycles. The molecule has 1 aromatic carbocycles. The number of benzene rings is 1. The summed E-state index contributed by atoms with van der Waals surface area (Å²) in [5, 5.41) is 9.53. The maximum absolute atomic E-state index is 13.6. The Labute approximate surface area is 129 Å². The Kier molecular flexibility index (Phi) is 3.85. The van der Waals surface area contributed by atoms with E-state index in [4.69, 9.17) is 10.5 Å². The van der Waals surface area contributed by atoms with Crippen LogP contribution in [0.15, 0.2) is 36.5 Å². The minimum absolute atomic E-state index is 0.0658. The Morgan fingerprint density at radius 1 is 1.30 bits per heavy atom. The van der Waals surface area contributed by atoms with Gasteiger partial charge in [-0.3, -0.25) is 4.40 Å². The van der Waals surface area contributed by atoms with E-state index in [1.54, 1.807) is 25.1 Å². The average molecular weight is 321 g/mol. The van der Waals surface area contributed by atoms with Gasteiger partial charge in [-0.1, -0.05) is 6.07 Å². The minimum atomic E-state index is -1.88. The van der Waals surface area contributed by atoms with Gasteiger partial charge in [0.2, 0.25) is 6.29 Å². The Balaban J connectivity index is 2.04. The Hall–Kier alpha value is -2.71. The molecule has 0 aliphatic heterocycles. The summed E-state index contributed by atoms with van der Waals surface area (Å²) >= 11 is 0. The van der Waals surface area contributed by atoms with E-state index < -0.39 is 12.1 Å². The number of aliphatic hydroxyl groups excluding tert-OH is 1. The number of anilines is 1. The van der Waals surface area contributed by atoms with E-state index in [2.05, 4.69) is 9.93 Å². The fourth-order valence-corrected chi connectivity index (χ4v) is 2.23. The summed E-state index contributed by atoms with van der Waals surface area (Å²) in [6.45, 7) is 1.59. The van der Waals surface area contributed by atoms with Crippen LogP contribution in [0.5, 0.6) is 11.5 Å². The second-order valence-electron chi connectivity index (χ2n) is 4.88. The Morgan fingerprint density at radius 3 is 2.83 bits per heavy atom. The van der Waals surface area contributed by atoms with Gasteiger partial charge in [0.05, 0.1) is 6.20 Å². The van der Waals surface area contributed by atoms with Crippen molar-refractivity contribution in [1.82, 2.24) is 9.38 Å². The van der Waals surface area contributed by atoms with E-state index in [0.29, 0.717) is 22.7 Å². The molecule has 0 unspecified atom stereocenters. The van der Waals surface area contributed by atoms with Crippen LogP contribution in [0.3, 0.4) is 0 Å². The molecular formula is C15H13F2N3O3. The standard InChI is InChI=1S/C15H13F2N3O3/c1-8-10(16)3-2-4-11(8)22-9-5-6-12-19-14(18)13(15(21)23-17)20(12)7-9/h2-7,15,21H,18H2,1H3/t15-/m1/s1. The molecule has 0 radical (unpaired) electrons. The number of rotatable bonds is 4. The van der Waals surface area contributed by atoms with E-state index >= 15 is 0 Å². The summed E-state index contributed by atoms with van der Waals surface area (Å²) in [5.41, 5.74) is 6.31. The monoisotopic (exact) mass is 321 g/mol. The van der Waals surface area contributed by atoms with Crippen molar-refractivity contribution >= 4 is 11.5 Å². The number of pyridine rings is 1. The van der Waals surface area contributed by atoms with Gasteiger partial charge in [-0.05, 0) is 35.7 Å². The summed E-state index contributed by atoms with van der Waals surface area (Å²) in [4.78, 5) is 7.38. The van der Waals surface area contributed by atoms with Crippen molar-refractivity contribution in [2.45, 2.75) is 13.2 Å². The molecule has 3 rings (SSSR count). The number of fused-ring (bicyclic) bond motifs is 1. The van der Waals surface area contributed by atoms with Gasteiger partial charge in [0.25, 0.3) is 0 Å². The normalized spacial score (nSPS) is 12.5. The lowest BCUT2D eigenvalue weighted by atomic mass is 10.2. The third-order valence-electron chi connectivity index (χ3n) is 3.42. The van der Waals surface area contributed by atoms with Crippen molar-refractivity contribution in [2.75, 3.05) is 5.73 Å². The van der Waals surface area contributed by atoms with Crippen molar-refractivity contribution in [2.24, 2.45) is 0 Å². The quantitative estimate of drug-likeness (QED) is 0.722. The second-order valence-corrected chi connectivity index (χ2v) is 4.88. The van der Waals surface area contributed by atoms with E-state index in [1.165, 1.54) is 22.7 Å². The van der Waals surface area contributed by atoms with Crippen LogP contribution in [-0.4, -0.2) is 14.5 Å². The lowest BCUT2D eigenvalue weighted by Gasteiger charge is -2.11. The van der Waals surface area contributed by atoms with Gasteiger partial charge in [-0.15, -0.1) is 0 Å². The molecule has 0 aliphatic rings. The molecule has 0 fully saturated rings. The molecule has 3 aromatic rings. The SMILES string of the molecule is Cc1c(F)cccc1Oc1ccc2nc(N)c([C@H](O)OF)n2c1. The molecule has 1 atom stereocenters. The first-order valence-corrected chi connectivity index (χ1v) is 6.67. The van der Waals surface area contributed by atoms with Gasteiger partial charge in [-0.25, -0.2) is 9.37 Å². The topological polar surface area (TPSA) is 82.0 Å². The highest BCUT2D eigenvalue weighted by Gasteiger charge is 2.20.